The van der Waals surface area contributed by atoms with E-state index in [1.54, 1.807) is 17.4 Å². The fraction of sp³-hybridized carbons (Fsp3) is 0.300. The Kier molecular flexibility index (Phi) is 2.17. The van der Waals surface area contributed by atoms with Gasteiger partial charge in [0.15, 0.2) is 0 Å². The molecule has 0 aromatic carbocycles. The number of hydrogen-bond acceptors (Lipinski definition) is 4. The minimum Gasteiger partial charge on any atom is -0.279 e. The number of anilines is 1. The predicted octanol–water partition coefficient (Wildman–Crippen LogP) is 1.48. The van der Waals surface area contributed by atoms with Crippen molar-refractivity contribution in [2.75, 3.05) is 5.01 Å². The molecular weight excluding hydrogens is 272 g/mol. The summed E-state index contributed by atoms with van der Waals surface area (Å²) in [6.45, 7) is 0. The van der Waals surface area contributed by atoms with E-state index >= 15 is 0 Å². The molecule has 5 nitrogen and oxygen atoms in total. The van der Waals surface area contributed by atoms with Gasteiger partial charge in [-0.05, 0) is 22.4 Å². The first-order valence-electron chi connectivity index (χ1n) is 5.01. The van der Waals surface area contributed by atoms with Gasteiger partial charge in [-0.25, -0.2) is 9.97 Å². The monoisotopic (exact) mass is 280 g/mol. The van der Waals surface area contributed by atoms with Gasteiger partial charge in [0.1, 0.15) is 0 Å². The Bertz CT molecular complexity index is 458. The van der Waals surface area contributed by atoms with Gasteiger partial charge in [0.2, 0.25) is 0 Å². The number of carbonyl (C=O) groups is 1. The molecule has 1 unspecified atom stereocenters. The Hall–Kier alpha value is -1.43. The third-order valence-electron chi connectivity index (χ3n) is 2.71. The maximum Gasteiger partial charge on any atom is 0.251 e. The van der Waals surface area contributed by atoms with Gasteiger partial charge >= 0.3 is 0 Å². The molecule has 0 N–H and O–H groups in total. The van der Waals surface area contributed by atoms with E-state index in [1.165, 1.54) is 0 Å². The summed E-state index contributed by atoms with van der Waals surface area (Å²) in [5.41, 5.74) is 0. The highest BCUT2D eigenvalue weighted by Gasteiger charge is 2.39. The van der Waals surface area contributed by atoms with Crippen LogP contribution in [0.1, 0.15) is 12.8 Å². The zero-order valence-electron chi connectivity index (χ0n) is 8.38. The quantitative estimate of drug-likeness (QED) is 0.782. The minimum absolute atomic E-state index is 0.0525. The van der Waals surface area contributed by atoms with Gasteiger partial charge in [0.25, 0.3) is 11.9 Å². The number of hydrogen-bond donors (Lipinski definition) is 0. The summed E-state index contributed by atoms with van der Waals surface area (Å²) in [5, 5.41) is 3.45. The number of amides is 1. The van der Waals surface area contributed by atoms with Gasteiger partial charge in [-0.15, -0.1) is 0 Å². The first-order valence-corrected chi connectivity index (χ1v) is 5.80. The van der Waals surface area contributed by atoms with E-state index in [1.807, 2.05) is 11.2 Å². The number of rotatable bonds is 1. The number of hydrazine groups is 1. The number of halogens is 1. The number of aromatic nitrogens is 2. The summed E-state index contributed by atoms with van der Waals surface area (Å²) in [7, 11) is 0. The minimum atomic E-state index is 0.0525. The Morgan fingerprint density at radius 3 is 2.88 bits per heavy atom. The molecule has 2 aliphatic heterocycles. The highest BCUT2D eigenvalue weighted by Crippen LogP contribution is 2.30. The lowest BCUT2D eigenvalue weighted by Crippen LogP contribution is -2.38. The third-order valence-corrected chi connectivity index (χ3v) is 3.12. The van der Waals surface area contributed by atoms with Crippen molar-refractivity contribution in [1.29, 1.82) is 0 Å². The van der Waals surface area contributed by atoms with Crippen molar-refractivity contribution >= 4 is 27.8 Å². The van der Waals surface area contributed by atoms with E-state index < -0.39 is 0 Å². The summed E-state index contributed by atoms with van der Waals surface area (Å²) in [5.74, 6) is 0.485. The van der Waals surface area contributed by atoms with Crippen LogP contribution in [0, 0.1) is 0 Å². The average molecular weight is 281 g/mol. The summed E-state index contributed by atoms with van der Waals surface area (Å²) >= 11 is 3.27. The normalized spacial score (nSPS) is 23.1. The van der Waals surface area contributed by atoms with E-state index in [2.05, 4.69) is 32.0 Å². The largest absolute Gasteiger partial charge is 0.279 e. The molecule has 82 valence electrons. The van der Waals surface area contributed by atoms with Gasteiger partial charge in [-0.3, -0.25) is 9.80 Å². The van der Waals surface area contributed by atoms with Crippen LogP contribution in [-0.2, 0) is 4.79 Å². The number of fused-ring (bicyclic) bond motifs is 1. The van der Waals surface area contributed by atoms with Crippen LogP contribution in [-0.4, -0.2) is 26.9 Å². The molecule has 0 spiro atoms. The van der Waals surface area contributed by atoms with Crippen LogP contribution in [0.4, 0.5) is 5.95 Å². The molecule has 0 aliphatic carbocycles. The highest BCUT2D eigenvalue weighted by molar-refractivity contribution is 9.10. The van der Waals surface area contributed by atoms with Crippen LogP contribution in [0.5, 0.6) is 0 Å². The van der Waals surface area contributed by atoms with Gasteiger partial charge in [0.05, 0.1) is 16.9 Å². The summed E-state index contributed by atoms with van der Waals surface area (Å²) in [4.78, 5) is 20.1. The Labute approximate surface area is 101 Å². The zero-order valence-corrected chi connectivity index (χ0v) is 9.96. The van der Waals surface area contributed by atoms with Crippen molar-refractivity contribution in [3.05, 3.63) is 29.1 Å². The summed E-state index contributed by atoms with van der Waals surface area (Å²) < 4.78 is 0.802. The van der Waals surface area contributed by atoms with Crippen molar-refractivity contribution in [2.24, 2.45) is 0 Å². The summed E-state index contributed by atoms with van der Waals surface area (Å²) in [6.07, 6.45) is 8.71. The molecule has 1 fully saturated rings. The molecule has 3 heterocycles. The highest BCUT2D eigenvalue weighted by atomic mass is 79.9. The van der Waals surface area contributed by atoms with Gasteiger partial charge in [0, 0.05) is 18.6 Å². The van der Waals surface area contributed by atoms with Crippen molar-refractivity contribution in [3.8, 4) is 0 Å². The van der Waals surface area contributed by atoms with Gasteiger partial charge in [-0.1, -0.05) is 6.08 Å². The van der Waals surface area contributed by atoms with Gasteiger partial charge in [-0.2, -0.15) is 5.01 Å². The Morgan fingerprint density at radius 1 is 1.38 bits per heavy atom. The molecule has 16 heavy (non-hydrogen) atoms. The topological polar surface area (TPSA) is 49.3 Å². The molecule has 0 bridgehead atoms. The molecule has 0 radical (unpaired) electrons. The fourth-order valence-corrected chi connectivity index (χ4v) is 2.21. The molecule has 1 aromatic rings. The van der Waals surface area contributed by atoms with E-state index in [9.17, 15) is 4.79 Å². The van der Waals surface area contributed by atoms with E-state index in [0.717, 1.165) is 10.9 Å². The lowest BCUT2D eigenvalue weighted by molar-refractivity contribution is -0.117. The van der Waals surface area contributed by atoms with E-state index in [4.69, 9.17) is 0 Å². The number of nitrogens with zero attached hydrogens (tertiary/aromatic N) is 4. The SMILES string of the molecule is O=C1CC2CC=CN2N1c1ncc(Br)cn1. The second-order valence-corrected chi connectivity index (χ2v) is 4.68. The van der Waals surface area contributed by atoms with Crippen molar-refractivity contribution in [2.45, 2.75) is 18.9 Å². The zero-order chi connectivity index (χ0) is 11.1. The lowest BCUT2D eigenvalue weighted by Gasteiger charge is -2.25. The molecule has 0 saturated carbocycles. The third kappa shape index (κ3) is 1.41. The van der Waals surface area contributed by atoms with Crippen LogP contribution in [0.15, 0.2) is 29.1 Å². The van der Waals surface area contributed by atoms with E-state index in [-0.39, 0.29) is 11.9 Å². The van der Waals surface area contributed by atoms with Crippen LogP contribution >= 0.6 is 15.9 Å². The second-order valence-electron chi connectivity index (χ2n) is 3.77. The lowest BCUT2D eigenvalue weighted by atomic mass is 10.2. The summed E-state index contributed by atoms with van der Waals surface area (Å²) in [6, 6.07) is 0.250. The van der Waals surface area contributed by atoms with Crippen LogP contribution in [0.3, 0.4) is 0 Å². The van der Waals surface area contributed by atoms with Crippen LogP contribution in [0.25, 0.3) is 0 Å². The predicted molar refractivity (Wildman–Crippen MR) is 61.2 cm³/mol. The van der Waals surface area contributed by atoms with E-state index in [0.29, 0.717) is 12.4 Å². The standard InChI is InChI=1S/C10H9BrN4O/c11-7-5-12-10(13-6-7)15-9(16)4-8-2-1-3-14(8)15/h1,3,5-6,8H,2,4H2. The first kappa shape index (κ1) is 9.77. The maximum absolute atomic E-state index is 11.8. The molecule has 1 aromatic heterocycles. The smallest absolute Gasteiger partial charge is 0.251 e. The molecule has 6 heteroatoms. The fourth-order valence-electron chi connectivity index (χ4n) is 2.01. The molecule has 1 amide bonds. The van der Waals surface area contributed by atoms with Gasteiger partial charge < -0.3 is 0 Å². The number of carbonyl (C=O) groups excluding carboxylic acids is 1. The van der Waals surface area contributed by atoms with Crippen LogP contribution < -0.4 is 5.01 Å². The molecular formula is C10H9BrN4O. The Morgan fingerprint density at radius 2 is 2.12 bits per heavy atom. The maximum atomic E-state index is 11.8. The molecule has 1 saturated heterocycles. The Balaban J connectivity index is 1.96. The van der Waals surface area contributed by atoms with Crippen LogP contribution in [0.2, 0.25) is 0 Å². The van der Waals surface area contributed by atoms with Crippen molar-refractivity contribution < 1.29 is 4.79 Å². The van der Waals surface area contributed by atoms with Crippen molar-refractivity contribution in [3.63, 3.8) is 0 Å². The van der Waals surface area contributed by atoms with Crippen molar-refractivity contribution in [1.82, 2.24) is 15.0 Å². The second kappa shape index (κ2) is 3.55. The molecule has 3 rings (SSSR count). The molecule has 2 aliphatic rings. The molecule has 1 atom stereocenters. The first-order chi connectivity index (χ1) is 7.75. The average Bonchev–Trinajstić information content (AvgIpc) is 2.79.